The number of amides is 1. The van der Waals surface area contributed by atoms with Gasteiger partial charge in [0.1, 0.15) is 11.9 Å². The Morgan fingerprint density at radius 3 is 2.76 bits per heavy atom. The van der Waals surface area contributed by atoms with Crippen LogP contribution in [-0.2, 0) is 6.54 Å². The summed E-state index contributed by atoms with van der Waals surface area (Å²) >= 11 is 0. The number of nitrogens with one attached hydrogen (secondary N) is 1. The van der Waals surface area contributed by atoms with Gasteiger partial charge >= 0.3 is 5.69 Å². The van der Waals surface area contributed by atoms with Gasteiger partial charge in [0.15, 0.2) is 5.75 Å². The van der Waals surface area contributed by atoms with E-state index in [0.29, 0.717) is 22.6 Å². The van der Waals surface area contributed by atoms with Gasteiger partial charge in [-0.3, -0.25) is 14.9 Å². The minimum atomic E-state index is -0.740. The van der Waals surface area contributed by atoms with E-state index < -0.39 is 22.5 Å². The number of rotatable bonds is 5. The molecule has 0 fully saturated rings. The van der Waals surface area contributed by atoms with E-state index in [-0.39, 0.29) is 18.2 Å². The molecule has 0 aliphatic carbocycles. The van der Waals surface area contributed by atoms with Crippen LogP contribution in [0.3, 0.4) is 0 Å². The highest BCUT2D eigenvalue weighted by atomic mass is 16.6. The number of carbonyl (C=O) groups is 1. The molecule has 2 heterocycles. The molecule has 1 amide bonds. The summed E-state index contributed by atoms with van der Waals surface area (Å²) in [7, 11) is 1.30. The lowest BCUT2D eigenvalue weighted by molar-refractivity contribution is -0.386. The third kappa shape index (κ3) is 3.22. The molecule has 3 aromatic rings. The van der Waals surface area contributed by atoms with E-state index in [1.54, 1.807) is 36.4 Å². The first-order chi connectivity index (χ1) is 14.0. The number of carbonyl (C=O) groups excluding carboxylic acids is 1. The number of furan rings is 1. The molecule has 4 rings (SSSR count). The number of ether oxygens (including phenoxy) is 1. The summed E-state index contributed by atoms with van der Waals surface area (Å²) in [6, 6.07) is 13.2. The van der Waals surface area contributed by atoms with E-state index in [0.717, 1.165) is 0 Å². The predicted molar refractivity (Wildman–Crippen MR) is 103 cm³/mol. The predicted octanol–water partition coefficient (Wildman–Crippen LogP) is 3.67. The van der Waals surface area contributed by atoms with Gasteiger partial charge in [-0.2, -0.15) is 0 Å². The lowest BCUT2D eigenvalue weighted by Crippen LogP contribution is -2.42. The summed E-state index contributed by atoms with van der Waals surface area (Å²) < 4.78 is 10.5. The lowest BCUT2D eigenvalue weighted by atomic mass is 10.0. The monoisotopic (exact) mass is 395 g/mol. The molecule has 1 aromatic heterocycles. The molecule has 1 aliphatic rings. The van der Waals surface area contributed by atoms with Crippen molar-refractivity contribution < 1.29 is 24.0 Å². The summed E-state index contributed by atoms with van der Waals surface area (Å²) in [6.45, 7) is 0.148. The van der Waals surface area contributed by atoms with Crippen molar-refractivity contribution in [1.82, 2.24) is 4.90 Å². The second-order valence-corrected chi connectivity index (χ2v) is 6.45. The Kier molecular flexibility index (Phi) is 4.55. The summed E-state index contributed by atoms with van der Waals surface area (Å²) in [4.78, 5) is 25.4. The molecule has 148 valence electrons. The summed E-state index contributed by atoms with van der Waals surface area (Å²) in [5, 5.41) is 24.7. The molecule has 1 atom stereocenters. The first-order valence-corrected chi connectivity index (χ1v) is 8.74. The maximum atomic E-state index is 13.2. The highest BCUT2D eigenvalue weighted by molar-refractivity contribution is 6.01. The number of benzene rings is 2. The topological polar surface area (TPSA) is 118 Å². The highest BCUT2D eigenvalue weighted by Crippen LogP contribution is 2.42. The Hall–Kier alpha value is -4.01. The number of nitrogens with zero attached hydrogens (tertiary/aromatic N) is 2. The van der Waals surface area contributed by atoms with Gasteiger partial charge in [-0.1, -0.05) is 12.1 Å². The number of fused-ring (bicyclic) bond motifs is 1. The quantitative estimate of drug-likeness (QED) is 0.500. The molecule has 2 N–H and O–H groups in total. The molecular weight excluding hydrogens is 378 g/mol. The van der Waals surface area contributed by atoms with Gasteiger partial charge < -0.3 is 24.5 Å². The summed E-state index contributed by atoms with van der Waals surface area (Å²) in [5.41, 5.74) is 0.967. The largest absolute Gasteiger partial charge is 0.500 e. The average Bonchev–Trinajstić information content (AvgIpc) is 3.23. The number of anilines is 1. The number of hydrogen-bond donors (Lipinski definition) is 2. The van der Waals surface area contributed by atoms with Crippen molar-refractivity contribution in [1.29, 1.82) is 0 Å². The van der Waals surface area contributed by atoms with Gasteiger partial charge in [-0.25, -0.2) is 0 Å². The van der Waals surface area contributed by atoms with E-state index in [9.17, 15) is 20.0 Å². The molecule has 9 nitrogen and oxygen atoms in total. The normalized spacial score (nSPS) is 15.6. The van der Waals surface area contributed by atoms with Crippen LogP contribution in [0.2, 0.25) is 0 Å². The number of para-hydroxylation sites is 1. The smallest absolute Gasteiger partial charge is 0.315 e. The van der Waals surface area contributed by atoms with Crippen LogP contribution in [0.1, 0.15) is 27.8 Å². The Morgan fingerprint density at radius 2 is 2.07 bits per heavy atom. The van der Waals surface area contributed by atoms with Crippen LogP contribution in [-0.4, -0.2) is 27.9 Å². The second kappa shape index (κ2) is 7.19. The van der Waals surface area contributed by atoms with Crippen LogP contribution in [0.5, 0.6) is 11.5 Å². The SMILES string of the molecule is COc1cc([C@H]2Nc3ccccc3C(=O)N2Cc2ccco2)cc([N+](=O)[O-])c1O. The molecule has 0 saturated heterocycles. The van der Waals surface area contributed by atoms with Crippen molar-refractivity contribution in [3.8, 4) is 11.5 Å². The van der Waals surface area contributed by atoms with Crippen molar-refractivity contribution in [2.75, 3.05) is 12.4 Å². The molecule has 29 heavy (non-hydrogen) atoms. The Morgan fingerprint density at radius 1 is 1.28 bits per heavy atom. The van der Waals surface area contributed by atoms with E-state index in [1.165, 1.54) is 30.4 Å². The molecule has 0 radical (unpaired) electrons. The third-order valence-electron chi connectivity index (χ3n) is 4.74. The van der Waals surface area contributed by atoms with E-state index in [4.69, 9.17) is 9.15 Å². The number of nitro benzene ring substituents is 1. The van der Waals surface area contributed by atoms with Crippen molar-refractivity contribution in [3.05, 3.63) is 81.8 Å². The number of methoxy groups -OCH3 is 1. The van der Waals surface area contributed by atoms with Gasteiger partial charge in [0, 0.05) is 17.3 Å². The van der Waals surface area contributed by atoms with Crippen molar-refractivity contribution in [2.24, 2.45) is 0 Å². The van der Waals surface area contributed by atoms with Gasteiger partial charge in [0.2, 0.25) is 5.75 Å². The number of hydrogen-bond acceptors (Lipinski definition) is 7. The fraction of sp³-hybridized carbons (Fsp3) is 0.150. The van der Waals surface area contributed by atoms with Gasteiger partial charge in [0.05, 0.1) is 30.4 Å². The van der Waals surface area contributed by atoms with Crippen LogP contribution < -0.4 is 10.1 Å². The van der Waals surface area contributed by atoms with Gasteiger partial charge in [-0.05, 0) is 30.3 Å². The van der Waals surface area contributed by atoms with Gasteiger partial charge in [-0.15, -0.1) is 0 Å². The Balaban J connectivity index is 1.84. The molecule has 2 aromatic carbocycles. The molecule has 0 spiro atoms. The molecule has 0 unspecified atom stereocenters. The Labute approximate surface area is 165 Å². The maximum Gasteiger partial charge on any atom is 0.315 e. The van der Waals surface area contributed by atoms with Crippen LogP contribution in [0.25, 0.3) is 0 Å². The number of aromatic hydroxyl groups is 1. The molecule has 0 saturated carbocycles. The van der Waals surface area contributed by atoms with E-state index in [1.807, 2.05) is 0 Å². The zero-order chi connectivity index (χ0) is 20.5. The minimum Gasteiger partial charge on any atom is -0.500 e. The molecule has 9 heteroatoms. The van der Waals surface area contributed by atoms with Crippen LogP contribution in [0.4, 0.5) is 11.4 Å². The fourth-order valence-corrected chi connectivity index (χ4v) is 3.36. The number of phenols is 1. The van der Waals surface area contributed by atoms with Gasteiger partial charge in [0.25, 0.3) is 5.91 Å². The van der Waals surface area contributed by atoms with Crippen LogP contribution >= 0.6 is 0 Å². The lowest BCUT2D eigenvalue weighted by Gasteiger charge is -2.37. The van der Waals surface area contributed by atoms with E-state index in [2.05, 4.69) is 5.32 Å². The molecular formula is C20H17N3O6. The number of phenolic OH excluding ortho intramolecular Hbond substituents is 1. The van der Waals surface area contributed by atoms with Crippen LogP contribution in [0, 0.1) is 10.1 Å². The van der Waals surface area contributed by atoms with Crippen molar-refractivity contribution in [2.45, 2.75) is 12.7 Å². The number of nitro groups is 1. The van der Waals surface area contributed by atoms with Crippen LogP contribution in [0.15, 0.2) is 59.2 Å². The Bertz CT molecular complexity index is 1080. The fourth-order valence-electron chi connectivity index (χ4n) is 3.36. The van der Waals surface area contributed by atoms with Crippen molar-refractivity contribution >= 4 is 17.3 Å². The highest BCUT2D eigenvalue weighted by Gasteiger charge is 2.35. The maximum absolute atomic E-state index is 13.2. The third-order valence-corrected chi connectivity index (χ3v) is 4.74. The molecule has 1 aliphatic heterocycles. The second-order valence-electron chi connectivity index (χ2n) is 6.45. The zero-order valence-corrected chi connectivity index (χ0v) is 15.4. The average molecular weight is 395 g/mol. The van der Waals surface area contributed by atoms with Crippen molar-refractivity contribution in [3.63, 3.8) is 0 Å². The standard InChI is InChI=1S/C20H17N3O6/c1-28-17-10-12(9-16(18(17)24)23(26)27)19-21-15-7-3-2-6-14(15)20(25)22(19)11-13-5-4-8-29-13/h2-10,19,21,24H,11H2,1H3/t19-/m0/s1. The minimum absolute atomic E-state index is 0.0553. The first-order valence-electron chi connectivity index (χ1n) is 8.74. The first kappa shape index (κ1) is 18.4. The van der Waals surface area contributed by atoms with E-state index >= 15 is 0 Å². The molecule has 0 bridgehead atoms. The zero-order valence-electron chi connectivity index (χ0n) is 15.4. The summed E-state index contributed by atoms with van der Waals surface area (Å²) in [5.74, 6) is -0.318. The summed E-state index contributed by atoms with van der Waals surface area (Å²) in [6.07, 6.45) is 0.768.